The second kappa shape index (κ2) is 7.32. The number of benzene rings is 1. The molecule has 0 saturated carbocycles. The minimum absolute atomic E-state index is 0.00511. The maximum atomic E-state index is 11.9. The smallest absolute Gasteiger partial charge is 0.225 e. The molecule has 0 radical (unpaired) electrons. The summed E-state index contributed by atoms with van der Waals surface area (Å²) >= 11 is 1.97. The summed E-state index contributed by atoms with van der Waals surface area (Å²) in [5.41, 5.74) is 1.25. The third-order valence-corrected chi connectivity index (χ3v) is 4.60. The zero-order valence-electron chi connectivity index (χ0n) is 11.6. The zero-order chi connectivity index (χ0) is 14.4. The molecular weight excluding hydrogens is 270 g/mol. The second-order valence-corrected chi connectivity index (χ2v) is 6.10. The standard InChI is InChI=1S/C15H19N3OS/c1-12-11-20-8-7-18(12)6-5-15(19)17-14-4-2-3-13(9-14)10-16/h2-4,9,12H,5-8,11H2,1H3,(H,17,19). The van der Waals surface area contributed by atoms with Gasteiger partial charge in [0.25, 0.3) is 0 Å². The van der Waals surface area contributed by atoms with Gasteiger partial charge >= 0.3 is 0 Å². The second-order valence-electron chi connectivity index (χ2n) is 4.95. The molecule has 106 valence electrons. The molecule has 0 aromatic heterocycles. The van der Waals surface area contributed by atoms with E-state index in [1.807, 2.05) is 11.8 Å². The van der Waals surface area contributed by atoms with E-state index in [0.29, 0.717) is 23.7 Å². The molecule has 1 aromatic carbocycles. The number of carbonyl (C=O) groups is 1. The molecule has 20 heavy (non-hydrogen) atoms. The predicted octanol–water partition coefficient (Wildman–Crippen LogP) is 2.32. The van der Waals surface area contributed by atoms with Crippen LogP contribution < -0.4 is 5.32 Å². The summed E-state index contributed by atoms with van der Waals surface area (Å²) in [4.78, 5) is 14.3. The first-order valence-electron chi connectivity index (χ1n) is 6.81. The predicted molar refractivity (Wildman–Crippen MR) is 82.8 cm³/mol. The first-order valence-corrected chi connectivity index (χ1v) is 7.96. The SMILES string of the molecule is CC1CSCCN1CCC(=O)Nc1cccc(C#N)c1. The van der Waals surface area contributed by atoms with Gasteiger partial charge in [0.15, 0.2) is 0 Å². The van der Waals surface area contributed by atoms with Crippen LogP contribution in [-0.2, 0) is 4.79 Å². The van der Waals surface area contributed by atoms with Crippen molar-refractivity contribution in [2.24, 2.45) is 0 Å². The highest BCUT2D eigenvalue weighted by atomic mass is 32.2. The van der Waals surface area contributed by atoms with Gasteiger partial charge in [-0.3, -0.25) is 9.69 Å². The Bertz CT molecular complexity index is 512. The van der Waals surface area contributed by atoms with Gasteiger partial charge in [-0.05, 0) is 25.1 Å². The molecule has 1 aromatic rings. The normalized spacial score (nSPS) is 19.3. The number of rotatable bonds is 4. The largest absolute Gasteiger partial charge is 0.326 e. The van der Waals surface area contributed by atoms with E-state index in [0.717, 1.165) is 24.6 Å². The number of nitrogens with zero attached hydrogens (tertiary/aromatic N) is 2. The number of hydrogen-bond donors (Lipinski definition) is 1. The van der Waals surface area contributed by atoms with Gasteiger partial charge in [-0.1, -0.05) is 6.07 Å². The molecule has 4 nitrogen and oxygen atoms in total. The van der Waals surface area contributed by atoms with Crippen LogP contribution in [0.4, 0.5) is 5.69 Å². The lowest BCUT2D eigenvalue weighted by Crippen LogP contribution is -2.41. The van der Waals surface area contributed by atoms with Crippen LogP contribution in [0.25, 0.3) is 0 Å². The lowest BCUT2D eigenvalue weighted by atomic mass is 10.2. The summed E-state index contributed by atoms with van der Waals surface area (Å²) in [6.07, 6.45) is 0.492. The summed E-state index contributed by atoms with van der Waals surface area (Å²) in [6.45, 7) is 4.06. The number of nitriles is 1. The molecule has 5 heteroatoms. The Balaban J connectivity index is 1.81. The van der Waals surface area contributed by atoms with Crippen molar-refractivity contribution >= 4 is 23.4 Å². The van der Waals surface area contributed by atoms with E-state index >= 15 is 0 Å². The van der Waals surface area contributed by atoms with E-state index in [1.54, 1.807) is 24.3 Å². The fourth-order valence-electron chi connectivity index (χ4n) is 2.23. The fraction of sp³-hybridized carbons (Fsp3) is 0.467. The van der Waals surface area contributed by atoms with Crippen molar-refractivity contribution in [3.63, 3.8) is 0 Å². The van der Waals surface area contributed by atoms with Crippen molar-refractivity contribution < 1.29 is 4.79 Å². The van der Waals surface area contributed by atoms with Crippen molar-refractivity contribution in [2.45, 2.75) is 19.4 Å². The maximum absolute atomic E-state index is 11.9. The lowest BCUT2D eigenvalue weighted by Gasteiger charge is -2.32. The quantitative estimate of drug-likeness (QED) is 0.924. The van der Waals surface area contributed by atoms with Gasteiger partial charge in [-0.25, -0.2) is 0 Å². The Morgan fingerprint density at radius 3 is 3.20 bits per heavy atom. The van der Waals surface area contributed by atoms with Crippen molar-refractivity contribution in [3.8, 4) is 6.07 Å². The molecule has 2 rings (SSSR count). The first kappa shape index (κ1) is 14.9. The molecule has 1 saturated heterocycles. The Morgan fingerprint density at radius 2 is 2.45 bits per heavy atom. The van der Waals surface area contributed by atoms with Crippen LogP contribution >= 0.6 is 11.8 Å². The van der Waals surface area contributed by atoms with Gasteiger partial charge in [-0.2, -0.15) is 17.0 Å². The third-order valence-electron chi connectivity index (χ3n) is 3.41. The fourth-order valence-corrected chi connectivity index (χ4v) is 3.31. The molecule has 1 N–H and O–H groups in total. The molecule has 1 atom stereocenters. The van der Waals surface area contributed by atoms with Gasteiger partial charge in [-0.15, -0.1) is 0 Å². The topological polar surface area (TPSA) is 56.1 Å². The summed E-state index contributed by atoms with van der Waals surface area (Å²) in [5.74, 6) is 2.30. The van der Waals surface area contributed by atoms with E-state index in [9.17, 15) is 4.79 Å². The van der Waals surface area contributed by atoms with Crippen molar-refractivity contribution in [2.75, 3.05) is 29.9 Å². The molecule has 0 bridgehead atoms. The van der Waals surface area contributed by atoms with E-state index in [2.05, 4.69) is 23.2 Å². The number of anilines is 1. The highest BCUT2D eigenvalue weighted by molar-refractivity contribution is 7.99. The van der Waals surface area contributed by atoms with Crippen LogP contribution in [0.15, 0.2) is 24.3 Å². The summed E-state index contributed by atoms with van der Waals surface area (Å²) < 4.78 is 0. The van der Waals surface area contributed by atoms with Gasteiger partial charge in [0.05, 0.1) is 11.6 Å². The molecule has 1 heterocycles. The Labute approximate surface area is 124 Å². The average molecular weight is 289 g/mol. The van der Waals surface area contributed by atoms with Gasteiger partial charge in [0.1, 0.15) is 0 Å². The van der Waals surface area contributed by atoms with Crippen LogP contribution in [0.5, 0.6) is 0 Å². The van der Waals surface area contributed by atoms with Crippen molar-refractivity contribution in [3.05, 3.63) is 29.8 Å². The van der Waals surface area contributed by atoms with Crippen LogP contribution in [0.2, 0.25) is 0 Å². The van der Waals surface area contributed by atoms with Crippen molar-refractivity contribution in [1.82, 2.24) is 4.90 Å². The van der Waals surface area contributed by atoms with E-state index in [-0.39, 0.29) is 5.91 Å². The highest BCUT2D eigenvalue weighted by Crippen LogP contribution is 2.16. The average Bonchev–Trinajstić information content (AvgIpc) is 2.46. The minimum atomic E-state index is 0.00511. The number of amides is 1. The molecule has 1 amide bonds. The lowest BCUT2D eigenvalue weighted by molar-refractivity contribution is -0.116. The number of thioether (sulfide) groups is 1. The molecule has 1 aliphatic heterocycles. The maximum Gasteiger partial charge on any atom is 0.225 e. The van der Waals surface area contributed by atoms with Crippen LogP contribution in [0.3, 0.4) is 0 Å². The number of nitrogens with one attached hydrogen (secondary N) is 1. The molecular formula is C15H19N3OS. The van der Waals surface area contributed by atoms with Crippen LogP contribution in [-0.4, -0.2) is 41.4 Å². The Hall–Kier alpha value is -1.51. The number of hydrogen-bond acceptors (Lipinski definition) is 4. The van der Waals surface area contributed by atoms with Gasteiger partial charge in [0.2, 0.25) is 5.91 Å². The highest BCUT2D eigenvalue weighted by Gasteiger charge is 2.18. The molecule has 1 fully saturated rings. The summed E-state index contributed by atoms with van der Waals surface area (Å²) in [6, 6.07) is 9.61. The third kappa shape index (κ3) is 4.26. The van der Waals surface area contributed by atoms with Crippen LogP contribution in [0, 0.1) is 11.3 Å². The van der Waals surface area contributed by atoms with E-state index < -0.39 is 0 Å². The Kier molecular flexibility index (Phi) is 5.45. The minimum Gasteiger partial charge on any atom is -0.326 e. The molecule has 1 aliphatic rings. The van der Waals surface area contributed by atoms with E-state index in [1.165, 1.54) is 0 Å². The zero-order valence-corrected chi connectivity index (χ0v) is 12.4. The monoisotopic (exact) mass is 289 g/mol. The van der Waals surface area contributed by atoms with Crippen molar-refractivity contribution in [1.29, 1.82) is 5.26 Å². The summed E-state index contributed by atoms with van der Waals surface area (Å²) in [5, 5.41) is 11.7. The van der Waals surface area contributed by atoms with Crippen LogP contribution in [0.1, 0.15) is 18.9 Å². The first-order chi connectivity index (χ1) is 9.69. The number of carbonyl (C=O) groups excluding carboxylic acids is 1. The van der Waals surface area contributed by atoms with Gasteiger partial charge < -0.3 is 5.32 Å². The molecule has 0 aliphatic carbocycles. The molecule has 0 spiro atoms. The summed E-state index contributed by atoms with van der Waals surface area (Å²) in [7, 11) is 0. The Morgan fingerprint density at radius 1 is 1.60 bits per heavy atom. The molecule has 1 unspecified atom stereocenters. The van der Waals surface area contributed by atoms with E-state index in [4.69, 9.17) is 5.26 Å². The van der Waals surface area contributed by atoms with Gasteiger partial charge in [0, 0.05) is 42.7 Å².